The SMILES string of the molecule is Cc1cc2c(cc1S(=O)(=O)[C@H](C)CC(=O)NCCc1ccc(Cl)cc1)OCC(=O)N2. The predicted octanol–water partition coefficient (Wildman–Crippen LogP) is 2.89. The van der Waals surface area contributed by atoms with Crippen molar-refractivity contribution in [2.75, 3.05) is 18.5 Å². The van der Waals surface area contributed by atoms with Crippen LogP contribution in [0.3, 0.4) is 0 Å². The first-order chi connectivity index (χ1) is 14.2. The lowest BCUT2D eigenvalue weighted by Gasteiger charge is -2.21. The van der Waals surface area contributed by atoms with Gasteiger partial charge in [-0.25, -0.2) is 8.42 Å². The molecule has 0 aliphatic carbocycles. The number of aryl methyl sites for hydroxylation is 1. The molecule has 0 radical (unpaired) electrons. The fraction of sp³-hybridized carbons (Fsp3) is 0.333. The Morgan fingerprint density at radius 3 is 2.67 bits per heavy atom. The molecule has 0 fully saturated rings. The van der Waals surface area contributed by atoms with Crippen molar-refractivity contribution >= 4 is 38.9 Å². The van der Waals surface area contributed by atoms with Crippen molar-refractivity contribution < 1.29 is 22.7 Å². The first-order valence-corrected chi connectivity index (χ1v) is 11.4. The molecule has 1 aliphatic rings. The minimum Gasteiger partial charge on any atom is -0.482 e. The van der Waals surface area contributed by atoms with E-state index >= 15 is 0 Å². The average molecular weight is 451 g/mol. The minimum absolute atomic E-state index is 0.0962. The van der Waals surface area contributed by atoms with Gasteiger partial charge in [-0.05, 0) is 49.6 Å². The summed E-state index contributed by atoms with van der Waals surface area (Å²) in [6, 6.07) is 10.3. The molecule has 2 amide bonds. The maximum absolute atomic E-state index is 13.0. The molecule has 0 aromatic heterocycles. The van der Waals surface area contributed by atoms with Crippen molar-refractivity contribution in [2.24, 2.45) is 0 Å². The van der Waals surface area contributed by atoms with Crippen LogP contribution in [0.2, 0.25) is 5.02 Å². The van der Waals surface area contributed by atoms with Crippen molar-refractivity contribution in [3.05, 3.63) is 52.5 Å². The van der Waals surface area contributed by atoms with Crippen LogP contribution in [0.1, 0.15) is 24.5 Å². The van der Waals surface area contributed by atoms with Gasteiger partial charge in [0.1, 0.15) is 5.75 Å². The van der Waals surface area contributed by atoms with Crippen LogP contribution in [-0.2, 0) is 25.8 Å². The Labute approximate surface area is 180 Å². The van der Waals surface area contributed by atoms with Gasteiger partial charge in [0.15, 0.2) is 16.4 Å². The Hall–Kier alpha value is -2.58. The molecule has 1 aliphatic heterocycles. The summed E-state index contributed by atoms with van der Waals surface area (Å²) in [4.78, 5) is 23.8. The third-order valence-corrected chi connectivity index (χ3v) is 7.40. The van der Waals surface area contributed by atoms with Gasteiger partial charge in [-0.15, -0.1) is 0 Å². The number of nitrogens with one attached hydrogen (secondary N) is 2. The Balaban J connectivity index is 1.62. The number of amides is 2. The Bertz CT molecular complexity index is 1070. The van der Waals surface area contributed by atoms with E-state index in [1.54, 1.807) is 25.1 Å². The number of carbonyl (C=O) groups excluding carboxylic acids is 2. The van der Waals surface area contributed by atoms with Gasteiger partial charge in [-0.1, -0.05) is 23.7 Å². The van der Waals surface area contributed by atoms with E-state index in [1.165, 1.54) is 13.0 Å². The molecular formula is C21H23ClN2O5S. The second kappa shape index (κ2) is 9.06. The Morgan fingerprint density at radius 1 is 1.27 bits per heavy atom. The lowest BCUT2D eigenvalue weighted by atomic mass is 10.1. The molecule has 0 unspecified atom stereocenters. The third-order valence-electron chi connectivity index (χ3n) is 4.87. The molecule has 0 saturated heterocycles. The van der Waals surface area contributed by atoms with Gasteiger partial charge in [0.25, 0.3) is 5.91 Å². The fourth-order valence-corrected chi connectivity index (χ4v) is 4.89. The molecule has 0 saturated carbocycles. The van der Waals surface area contributed by atoms with Gasteiger partial charge in [0.05, 0.1) is 15.8 Å². The molecule has 1 heterocycles. The number of hydrogen-bond acceptors (Lipinski definition) is 5. The summed E-state index contributed by atoms with van der Waals surface area (Å²) in [5.41, 5.74) is 1.95. The van der Waals surface area contributed by atoms with Crippen LogP contribution in [0.5, 0.6) is 5.75 Å². The first kappa shape index (κ1) is 22.1. The van der Waals surface area contributed by atoms with E-state index in [-0.39, 0.29) is 29.7 Å². The largest absolute Gasteiger partial charge is 0.482 e. The van der Waals surface area contributed by atoms with Crippen molar-refractivity contribution in [3.63, 3.8) is 0 Å². The van der Waals surface area contributed by atoms with Crippen LogP contribution in [0.4, 0.5) is 5.69 Å². The molecule has 160 valence electrons. The summed E-state index contributed by atoms with van der Waals surface area (Å²) in [5, 5.41) is 5.14. The zero-order valence-electron chi connectivity index (χ0n) is 16.7. The highest BCUT2D eigenvalue weighted by molar-refractivity contribution is 7.92. The van der Waals surface area contributed by atoms with Gasteiger partial charge in [-0.2, -0.15) is 0 Å². The number of hydrogen-bond donors (Lipinski definition) is 2. The molecular weight excluding hydrogens is 428 g/mol. The van der Waals surface area contributed by atoms with Crippen molar-refractivity contribution in [3.8, 4) is 5.75 Å². The summed E-state index contributed by atoms with van der Waals surface area (Å²) in [7, 11) is -3.76. The van der Waals surface area contributed by atoms with Gasteiger partial charge >= 0.3 is 0 Å². The summed E-state index contributed by atoms with van der Waals surface area (Å²) >= 11 is 5.85. The highest BCUT2D eigenvalue weighted by Crippen LogP contribution is 2.34. The van der Waals surface area contributed by atoms with Crippen LogP contribution in [0.15, 0.2) is 41.3 Å². The topological polar surface area (TPSA) is 102 Å². The molecule has 9 heteroatoms. The zero-order valence-corrected chi connectivity index (χ0v) is 18.3. The van der Waals surface area contributed by atoms with E-state index in [0.717, 1.165) is 5.56 Å². The highest BCUT2D eigenvalue weighted by atomic mass is 35.5. The van der Waals surface area contributed by atoms with Crippen molar-refractivity contribution in [1.29, 1.82) is 0 Å². The Kier molecular flexibility index (Phi) is 6.67. The van der Waals surface area contributed by atoms with Crippen LogP contribution < -0.4 is 15.4 Å². The monoisotopic (exact) mass is 450 g/mol. The molecule has 0 bridgehead atoms. The summed E-state index contributed by atoms with van der Waals surface area (Å²) in [6.07, 6.45) is 0.466. The Morgan fingerprint density at radius 2 is 1.97 bits per heavy atom. The van der Waals surface area contributed by atoms with E-state index in [2.05, 4.69) is 10.6 Å². The first-order valence-electron chi connectivity index (χ1n) is 9.49. The molecule has 2 aromatic carbocycles. The van der Waals surface area contributed by atoms with Crippen LogP contribution in [-0.4, -0.2) is 38.6 Å². The molecule has 2 aromatic rings. The maximum Gasteiger partial charge on any atom is 0.262 e. The second-order valence-electron chi connectivity index (χ2n) is 7.24. The van der Waals surface area contributed by atoms with E-state index < -0.39 is 15.1 Å². The molecule has 1 atom stereocenters. The number of rotatable bonds is 7. The van der Waals surface area contributed by atoms with E-state index in [1.807, 2.05) is 12.1 Å². The van der Waals surface area contributed by atoms with Crippen LogP contribution in [0, 0.1) is 6.92 Å². The number of fused-ring (bicyclic) bond motifs is 1. The number of ether oxygens (including phenoxy) is 1. The lowest BCUT2D eigenvalue weighted by molar-refractivity contribution is -0.121. The average Bonchev–Trinajstić information content (AvgIpc) is 2.68. The van der Waals surface area contributed by atoms with Crippen LogP contribution in [0.25, 0.3) is 0 Å². The molecule has 0 spiro atoms. The minimum atomic E-state index is -3.76. The molecule has 30 heavy (non-hydrogen) atoms. The number of sulfone groups is 1. The normalized spacial score (nSPS) is 14.3. The zero-order chi connectivity index (χ0) is 21.9. The maximum atomic E-state index is 13.0. The van der Waals surface area contributed by atoms with Gasteiger partial charge in [-0.3, -0.25) is 9.59 Å². The highest BCUT2D eigenvalue weighted by Gasteiger charge is 2.29. The van der Waals surface area contributed by atoms with Crippen molar-refractivity contribution in [2.45, 2.75) is 36.8 Å². The van der Waals surface area contributed by atoms with Crippen molar-refractivity contribution in [1.82, 2.24) is 5.32 Å². The number of benzene rings is 2. The summed E-state index contributed by atoms with van der Waals surface area (Å²) in [5.74, 6) is -0.321. The number of carbonyl (C=O) groups is 2. The van der Waals surface area contributed by atoms with Gasteiger partial charge < -0.3 is 15.4 Å². The van der Waals surface area contributed by atoms with E-state index in [0.29, 0.717) is 35.0 Å². The van der Waals surface area contributed by atoms with E-state index in [9.17, 15) is 18.0 Å². The number of anilines is 1. The predicted molar refractivity (Wildman–Crippen MR) is 115 cm³/mol. The van der Waals surface area contributed by atoms with Gasteiger partial charge in [0.2, 0.25) is 5.91 Å². The number of halogens is 1. The smallest absolute Gasteiger partial charge is 0.262 e. The van der Waals surface area contributed by atoms with Crippen LogP contribution >= 0.6 is 11.6 Å². The lowest BCUT2D eigenvalue weighted by Crippen LogP contribution is -2.31. The van der Waals surface area contributed by atoms with E-state index in [4.69, 9.17) is 16.3 Å². The summed E-state index contributed by atoms with van der Waals surface area (Å²) < 4.78 is 31.4. The molecule has 3 rings (SSSR count). The standard InChI is InChI=1S/C21H23ClN2O5S/c1-13-9-17-18(29-12-21(26)24-17)11-19(13)30(27,28)14(2)10-20(25)23-8-7-15-3-5-16(22)6-4-15/h3-6,9,11,14H,7-8,10,12H2,1-2H3,(H,23,25)(H,24,26)/t14-/m1/s1. The molecule has 7 nitrogen and oxygen atoms in total. The second-order valence-corrected chi connectivity index (χ2v) is 10.0. The quantitative estimate of drug-likeness (QED) is 0.675. The summed E-state index contributed by atoms with van der Waals surface area (Å²) in [6.45, 7) is 3.39. The fourth-order valence-electron chi connectivity index (χ4n) is 3.18. The van der Waals surface area contributed by atoms with Gasteiger partial charge in [0, 0.05) is 24.1 Å². The molecule has 2 N–H and O–H groups in total. The third kappa shape index (κ3) is 5.12.